The van der Waals surface area contributed by atoms with Crippen LogP contribution >= 0.6 is 0 Å². The number of nitro groups is 1. The summed E-state index contributed by atoms with van der Waals surface area (Å²) in [5, 5.41) is 14.2. The van der Waals surface area contributed by atoms with Crippen molar-refractivity contribution in [3.05, 3.63) is 34.4 Å². The average molecular weight is 278 g/mol. The molecule has 1 fully saturated rings. The lowest BCUT2D eigenvalue weighted by Crippen LogP contribution is -2.47. The molecular formula is C14H22N4O2. The fourth-order valence-corrected chi connectivity index (χ4v) is 2.48. The summed E-state index contributed by atoms with van der Waals surface area (Å²) in [6.07, 6.45) is 0. The topological polar surface area (TPSA) is 61.6 Å². The molecule has 2 rings (SSSR count). The van der Waals surface area contributed by atoms with E-state index in [4.69, 9.17) is 0 Å². The van der Waals surface area contributed by atoms with Crippen molar-refractivity contribution in [2.24, 2.45) is 0 Å². The molecule has 1 aliphatic rings. The largest absolute Gasteiger partial charge is 0.376 e. The van der Waals surface area contributed by atoms with Gasteiger partial charge in [0, 0.05) is 44.8 Å². The van der Waals surface area contributed by atoms with Crippen molar-refractivity contribution in [1.82, 2.24) is 9.80 Å². The number of nitrogens with one attached hydrogen (secondary N) is 1. The molecule has 1 aliphatic heterocycles. The Morgan fingerprint density at radius 3 is 2.60 bits per heavy atom. The number of piperazine rings is 1. The van der Waals surface area contributed by atoms with Gasteiger partial charge in [-0.2, -0.15) is 0 Å². The summed E-state index contributed by atoms with van der Waals surface area (Å²) < 4.78 is 0. The van der Waals surface area contributed by atoms with E-state index in [0.717, 1.165) is 32.7 Å². The molecule has 0 radical (unpaired) electrons. The van der Waals surface area contributed by atoms with Crippen molar-refractivity contribution in [1.29, 1.82) is 0 Å². The standard InChI is InChI=1S/C14H22N4O2/c1-12(11-17-9-7-16(2)8-10-17)15-13-5-3-4-6-14(13)18(19)20/h3-6,12,15H,7-11H2,1-2H3. The quantitative estimate of drug-likeness (QED) is 0.655. The van der Waals surface area contributed by atoms with Gasteiger partial charge in [-0.25, -0.2) is 0 Å². The zero-order valence-electron chi connectivity index (χ0n) is 12.1. The minimum Gasteiger partial charge on any atom is -0.376 e. The second-order valence-electron chi connectivity index (χ2n) is 5.42. The van der Waals surface area contributed by atoms with Gasteiger partial charge in [0.05, 0.1) is 4.92 Å². The number of rotatable bonds is 5. The molecule has 6 nitrogen and oxygen atoms in total. The maximum Gasteiger partial charge on any atom is 0.292 e. The highest BCUT2D eigenvalue weighted by atomic mass is 16.6. The molecule has 0 aliphatic carbocycles. The molecule has 0 aromatic heterocycles. The second kappa shape index (κ2) is 6.67. The molecule has 0 amide bonds. The molecule has 0 bridgehead atoms. The third-order valence-corrected chi connectivity index (χ3v) is 3.63. The molecule has 1 saturated heterocycles. The normalized spacial score (nSPS) is 18.7. The first-order chi connectivity index (χ1) is 9.56. The Morgan fingerprint density at radius 2 is 1.95 bits per heavy atom. The number of nitro benzene ring substituents is 1. The minimum atomic E-state index is -0.342. The van der Waals surface area contributed by atoms with Gasteiger partial charge >= 0.3 is 0 Å². The molecule has 6 heteroatoms. The van der Waals surface area contributed by atoms with E-state index in [1.165, 1.54) is 6.07 Å². The van der Waals surface area contributed by atoms with Gasteiger partial charge in [0.2, 0.25) is 0 Å². The first kappa shape index (κ1) is 14.7. The summed E-state index contributed by atoms with van der Waals surface area (Å²) in [4.78, 5) is 15.3. The fourth-order valence-electron chi connectivity index (χ4n) is 2.48. The van der Waals surface area contributed by atoms with Crippen molar-refractivity contribution in [3.63, 3.8) is 0 Å². The summed E-state index contributed by atoms with van der Waals surface area (Å²) in [7, 11) is 2.13. The SMILES string of the molecule is CC(CN1CCN(C)CC1)Nc1ccccc1[N+](=O)[O-]. The summed E-state index contributed by atoms with van der Waals surface area (Å²) in [6.45, 7) is 7.24. The zero-order valence-corrected chi connectivity index (χ0v) is 12.1. The monoisotopic (exact) mass is 278 g/mol. The van der Waals surface area contributed by atoms with E-state index in [0.29, 0.717) is 5.69 Å². The van der Waals surface area contributed by atoms with Crippen LogP contribution < -0.4 is 5.32 Å². The molecule has 1 heterocycles. The number of likely N-dealkylation sites (N-methyl/N-ethyl adjacent to an activating group) is 1. The molecule has 1 atom stereocenters. The van der Waals surface area contributed by atoms with Gasteiger partial charge in [0.25, 0.3) is 5.69 Å². The first-order valence-electron chi connectivity index (χ1n) is 6.97. The Hall–Kier alpha value is -1.66. The van der Waals surface area contributed by atoms with Crippen molar-refractivity contribution < 1.29 is 4.92 Å². The molecule has 1 aromatic carbocycles. The van der Waals surface area contributed by atoms with Gasteiger partial charge in [-0.15, -0.1) is 0 Å². The van der Waals surface area contributed by atoms with Gasteiger partial charge < -0.3 is 10.2 Å². The number of benzene rings is 1. The van der Waals surface area contributed by atoms with E-state index >= 15 is 0 Å². The smallest absolute Gasteiger partial charge is 0.292 e. The highest BCUT2D eigenvalue weighted by Crippen LogP contribution is 2.23. The van der Waals surface area contributed by atoms with Crippen molar-refractivity contribution >= 4 is 11.4 Å². The summed E-state index contributed by atoms with van der Waals surface area (Å²) >= 11 is 0. The number of anilines is 1. The third kappa shape index (κ3) is 3.91. The maximum atomic E-state index is 11.0. The Balaban J connectivity index is 1.91. The fraction of sp³-hybridized carbons (Fsp3) is 0.571. The van der Waals surface area contributed by atoms with Gasteiger partial charge in [-0.3, -0.25) is 15.0 Å². The lowest BCUT2D eigenvalue weighted by molar-refractivity contribution is -0.384. The van der Waals surface area contributed by atoms with Crippen LogP contribution in [0.4, 0.5) is 11.4 Å². The molecule has 0 saturated carbocycles. The van der Waals surface area contributed by atoms with E-state index in [1.807, 2.05) is 6.07 Å². The van der Waals surface area contributed by atoms with Crippen LogP contribution in [0.1, 0.15) is 6.92 Å². The Morgan fingerprint density at radius 1 is 1.30 bits per heavy atom. The average Bonchev–Trinajstić information content (AvgIpc) is 2.41. The Labute approximate surface area is 119 Å². The summed E-state index contributed by atoms with van der Waals surface area (Å²) in [5.41, 5.74) is 0.733. The number of hydrogen-bond donors (Lipinski definition) is 1. The van der Waals surface area contributed by atoms with Gasteiger partial charge in [-0.05, 0) is 20.0 Å². The Kier molecular flexibility index (Phi) is 4.92. The van der Waals surface area contributed by atoms with Gasteiger partial charge in [-0.1, -0.05) is 12.1 Å². The number of para-hydroxylation sites is 2. The van der Waals surface area contributed by atoms with Crippen LogP contribution in [-0.2, 0) is 0 Å². The highest BCUT2D eigenvalue weighted by molar-refractivity contribution is 5.61. The van der Waals surface area contributed by atoms with E-state index in [1.54, 1.807) is 12.1 Å². The van der Waals surface area contributed by atoms with Crippen LogP contribution in [0.15, 0.2) is 24.3 Å². The molecule has 0 spiro atoms. The van der Waals surface area contributed by atoms with E-state index < -0.39 is 0 Å². The second-order valence-corrected chi connectivity index (χ2v) is 5.42. The lowest BCUT2D eigenvalue weighted by atomic mass is 10.2. The van der Waals surface area contributed by atoms with Crippen LogP contribution in [-0.4, -0.2) is 60.5 Å². The predicted molar refractivity (Wildman–Crippen MR) is 80.1 cm³/mol. The molecular weight excluding hydrogens is 256 g/mol. The summed E-state index contributed by atoms with van der Waals surface area (Å²) in [6, 6.07) is 6.98. The third-order valence-electron chi connectivity index (χ3n) is 3.63. The molecule has 110 valence electrons. The van der Waals surface area contributed by atoms with Crippen LogP contribution in [0.2, 0.25) is 0 Å². The van der Waals surface area contributed by atoms with Crippen LogP contribution in [0.5, 0.6) is 0 Å². The van der Waals surface area contributed by atoms with E-state index in [-0.39, 0.29) is 16.7 Å². The number of hydrogen-bond acceptors (Lipinski definition) is 5. The molecule has 1 unspecified atom stereocenters. The van der Waals surface area contributed by atoms with E-state index in [9.17, 15) is 10.1 Å². The van der Waals surface area contributed by atoms with Crippen LogP contribution in [0, 0.1) is 10.1 Å². The summed E-state index contributed by atoms with van der Waals surface area (Å²) in [5.74, 6) is 0. The van der Waals surface area contributed by atoms with Gasteiger partial charge in [0.1, 0.15) is 5.69 Å². The van der Waals surface area contributed by atoms with Crippen molar-refractivity contribution in [2.75, 3.05) is 45.1 Å². The van der Waals surface area contributed by atoms with Crippen LogP contribution in [0.25, 0.3) is 0 Å². The zero-order chi connectivity index (χ0) is 14.5. The molecule has 1 aromatic rings. The van der Waals surface area contributed by atoms with Crippen LogP contribution in [0.3, 0.4) is 0 Å². The van der Waals surface area contributed by atoms with Gasteiger partial charge in [0.15, 0.2) is 0 Å². The van der Waals surface area contributed by atoms with Crippen molar-refractivity contribution in [3.8, 4) is 0 Å². The predicted octanol–water partition coefficient (Wildman–Crippen LogP) is 1.64. The van der Waals surface area contributed by atoms with E-state index in [2.05, 4.69) is 29.1 Å². The highest BCUT2D eigenvalue weighted by Gasteiger charge is 2.18. The maximum absolute atomic E-state index is 11.0. The molecule has 1 N–H and O–H groups in total. The lowest BCUT2D eigenvalue weighted by Gasteiger charge is -2.34. The first-order valence-corrected chi connectivity index (χ1v) is 6.97. The Bertz CT molecular complexity index is 458. The molecule has 20 heavy (non-hydrogen) atoms. The minimum absolute atomic E-state index is 0.137. The number of nitrogens with zero attached hydrogens (tertiary/aromatic N) is 3. The van der Waals surface area contributed by atoms with Crippen molar-refractivity contribution in [2.45, 2.75) is 13.0 Å².